The molecule has 0 atom stereocenters. The number of aromatic nitrogens is 4. The molecule has 7 heteroatoms. The van der Waals surface area contributed by atoms with Crippen LogP contribution in [0.2, 0.25) is 5.02 Å². The molecule has 0 bridgehead atoms. The Balaban J connectivity index is 2.17. The molecular weight excluding hydrogens is 293 g/mol. The Kier molecular flexibility index (Phi) is 3.31. The molecule has 0 saturated heterocycles. The van der Waals surface area contributed by atoms with Crippen molar-refractivity contribution in [1.29, 1.82) is 0 Å². The van der Waals surface area contributed by atoms with E-state index in [1.54, 1.807) is 31.2 Å². The van der Waals surface area contributed by atoms with Crippen LogP contribution >= 0.6 is 11.6 Å². The minimum absolute atomic E-state index is 0.351. The van der Waals surface area contributed by atoms with E-state index in [0.29, 0.717) is 27.8 Å². The van der Waals surface area contributed by atoms with E-state index in [9.17, 15) is 4.39 Å². The van der Waals surface area contributed by atoms with E-state index in [-0.39, 0.29) is 5.82 Å². The molecule has 5 nitrogen and oxygen atoms in total. The number of hydrogen-bond acceptors (Lipinski definition) is 4. The number of nitrogens with two attached hydrogens (primary N) is 1. The lowest BCUT2D eigenvalue weighted by molar-refractivity contribution is 0.623. The summed E-state index contributed by atoms with van der Waals surface area (Å²) in [6.45, 7) is 1.80. The lowest BCUT2D eigenvalue weighted by Crippen LogP contribution is -2.02. The standard InChI is InChI=1S/C14H11ClFN5/c1-8-4-10(16)7-11(5-8)21-14(18-19-20-21)12-3-2-9(15)6-13(12)17/h2-7H,17H2,1H3. The highest BCUT2D eigenvalue weighted by Gasteiger charge is 2.14. The molecule has 106 valence electrons. The predicted octanol–water partition coefficient (Wildman–Crippen LogP) is 3.01. The Labute approximate surface area is 125 Å². The van der Waals surface area contributed by atoms with Gasteiger partial charge in [0.2, 0.25) is 0 Å². The van der Waals surface area contributed by atoms with Crippen LogP contribution in [0.25, 0.3) is 17.1 Å². The summed E-state index contributed by atoms with van der Waals surface area (Å²) in [7, 11) is 0. The van der Waals surface area contributed by atoms with Gasteiger partial charge in [0, 0.05) is 16.3 Å². The van der Waals surface area contributed by atoms with Crippen molar-refractivity contribution >= 4 is 17.3 Å². The predicted molar refractivity (Wildman–Crippen MR) is 78.7 cm³/mol. The molecule has 1 aromatic heterocycles. The van der Waals surface area contributed by atoms with E-state index in [1.807, 2.05) is 0 Å². The second kappa shape index (κ2) is 5.14. The number of rotatable bonds is 2. The highest BCUT2D eigenvalue weighted by atomic mass is 35.5. The summed E-state index contributed by atoms with van der Waals surface area (Å²) in [5.74, 6) is 0.0738. The maximum Gasteiger partial charge on any atom is 0.189 e. The van der Waals surface area contributed by atoms with E-state index in [0.717, 1.165) is 5.56 Å². The first-order valence-corrected chi connectivity index (χ1v) is 6.54. The molecule has 0 radical (unpaired) electrons. The first-order chi connectivity index (χ1) is 10.0. The maximum absolute atomic E-state index is 13.6. The van der Waals surface area contributed by atoms with Crippen LogP contribution in [0.1, 0.15) is 5.56 Å². The topological polar surface area (TPSA) is 69.6 Å². The number of benzene rings is 2. The summed E-state index contributed by atoms with van der Waals surface area (Å²) in [6, 6.07) is 9.63. The van der Waals surface area contributed by atoms with Crippen LogP contribution in [0.3, 0.4) is 0 Å². The van der Waals surface area contributed by atoms with Gasteiger partial charge in [-0.15, -0.1) is 5.10 Å². The van der Waals surface area contributed by atoms with Gasteiger partial charge in [-0.05, 0) is 59.3 Å². The van der Waals surface area contributed by atoms with Crippen LogP contribution < -0.4 is 5.73 Å². The molecular formula is C14H11ClFN5. The SMILES string of the molecule is Cc1cc(F)cc(-n2nnnc2-c2ccc(Cl)cc2N)c1. The molecule has 0 aliphatic heterocycles. The zero-order valence-electron chi connectivity index (χ0n) is 11.1. The van der Waals surface area contributed by atoms with E-state index < -0.39 is 0 Å². The van der Waals surface area contributed by atoms with Gasteiger partial charge < -0.3 is 5.73 Å². The third kappa shape index (κ3) is 2.57. The highest BCUT2D eigenvalue weighted by Crippen LogP contribution is 2.28. The average molecular weight is 304 g/mol. The highest BCUT2D eigenvalue weighted by molar-refractivity contribution is 6.31. The molecule has 0 spiro atoms. The van der Waals surface area contributed by atoms with Crippen molar-refractivity contribution in [3.8, 4) is 17.1 Å². The van der Waals surface area contributed by atoms with Gasteiger partial charge in [0.1, 0.15) is 5.82 Å². The lowest BCUT2D eigenvalue weighted by Gasteiger charge is -2.08. The molecule has 3 rings (SSSR count). The fourth-order valence-corrected chi connectivity index (χ4v) is 2.29. The molecule has 2 N–H and O–H groups in total. The number of nitrogen functional groups attached to an aromatic ring is 1. The van der Waals surface area contributed by atoms with E-state index in [1.165, 1.54) is 16.8 Å². The van der Waals surface area contributed by atoms with Gasteiger partial charge >= 0.3 is 0 Å². The van der Waals surface area contributed by atoms with Crippen molar-refractivity contribution in [1.82, 2.24) is 20.2 Å². The van der Waals surface area contributed by atoms with Crippen molar-refractivity contribution in [3.05, 3.63) is 52.8 Å². The molecule has 3 aromatic rings. The Hall–Kier alpha value is -2.47. The van der Waals surface area contributed by atoms with Crippen molar-refractivity contribution < 1.29 is 4.39 Å². The summed E-state index contributed by atoms with van der Waals surface area (Å²) in [5, 5.41) is 12.1. The Morgan fingerprint density at radius 3 is 2.71 bits per heavy atom. The molecule has 0 fully saturated rings. The summed E-state index contributed by atoms with van der Waals surface area (Å²) >= 11 is 5.89. The first-order valence-electron chi connectivity index (χ1n) is 6.16. The number of aryl methyl sites for hydroxylation is 1. The average Bonchev–Trinajstić information content (AvgIpc) is 2.86. The van der Waals surface area contributed by atoms with Gasteiger partial charge in [-0.1, -0.05) is 11.6 Å². The van der Waals surface area contributed by atoms with Gasteiger partial charge in [-0.2, -0.15) is 4.68 Å². The minimum Gasteiger partial charge on any atom is -0.398 e. The number of nitrogens with zero attached hydrogens (tertiary/aromatic N) is 4. The smallest absolute Gasteiger partial charge is 0.189 e. The minimum atomic E-state index is -0.351. The number of anilines is 1. The number of tetrazole rings is 1. The van der Waals surface area contributed by atoms with Gasteiger partial charge in [0.25, 0.3) is 0 Å². The van der Waals surface area contributed by atoms with Gasteiger partial charge in [0.15, 0.2) is 5.82 Å². The van der Waals surface area contributed by atoms with E-state index in [4.69, 9.17) is 17.3 Å². The van der Waals surface area contributed by atoms with Crippen molar-refractivity contribution in [2.24, 2.45) is 0 Å². The Bertz CT molecular complexity index is 795. The fourth-order valence-electron chi connectivity index (χ4n) is 2.11. The lowest BCUT2D eigenvalue weighted by atomic mass is 10.1. The van der Waals surface area contributed by atoms with E-state index >= 15 is 0 Å². The molecule has 2 aromatic carbocycles. The zero-order valence-corrected chi connectivity index (χ0v) is 11.8. The van der Waals surface area contributed by atoms with E-state index in [2.05, 4.69) is 15.5 Å². The Morgan fingerprint density at radius 1 is 1.19 bits per heavy atom. The fraction of sp³-hybridized carbons (Fsp3) is 0.0714. The normalized spacial score (nSPS) is 10.8. The molecule has 0 aliphatic rings. The van der Waals surface area contributed by atoms with Crippen molar-refractivity contribution in [2.75, 3.05) is 5.73 Å². The second-order valence-electron chi connectivity index (χ2n) is 4.63. The molecule has 0 aliphatic carbocycles. The first kappa shape index (κ1) is 13.5. The Morgan fingerprint density at radius 2 is 2.00 bits per heavy atom. The van der Waals surface area contributed by atoms with Gasteiger partial charge in [0.05, 0.1) is 5.69 Å². The molecule has 21 heavy (non-hydrogen) atoms. The second-order valence-corrected chi connectivity index (χ2v) is 5.07. The third-order valence-electron chi connectivity index (χ3n) is 3.00. The summed E-state index contributed by atoms with van der Waals surface area (Å²) in [4.78, 5) is 0. The molecule has 0 unspecified atom stereocenters. The van der Waals surface area contributed by atoms with Crippen LogP contribution in [0.4, 0.5) is 10.1 Å². The summed E-state index contributed by atoms with van der Waals surface area (Å²) in [5.41, 5.74) is 8.34. The summed E-state index contributed by atoms with van der Waals surface area (Å²) < 4.78 is 15.0. The van der Waals surface area contributed by atoms with Crippen LogP contribution in [0.15, 0.2) is 36.4 Å². The monoisotopic (exact) mass is 303 g/mol. The van der Waals surface area contributed by atoms with Crippen molar-refractivity contribution in [2.45, 2.75) is 6.92 Å². The zero-order chi connectivity index (χ0) is 15.0. The number of halogens is 2. The van der Waals surface area contributed by atoms with Crippen molar-refractivity contribution in [3.63, 3.8) is 0 Å². The number of hydrogen-bond donors (Lipinski definition) is 1. The largest absolute Gasteiger partial charge is 0.398 e. The van der Waals surface area contributed by atoms with Gasteiger partial charge in [-0.3, -0.25) is 0 Å². The molecule has 0 amide bonds. The van der Waals surface area contributed by atoms with Crippen LogP contribution in [0.5, 0.6) is 0 Å². The molecule has 1 heterocycles. The third-order valence-corrected chi connectivity index (χ3v) is 3.23. The molecule has 0 saturated carbocycles. The van der Waals surface area contributed by atoms with Crippen LogP contribution in [0, 0.1) is 12.7 Å². The quantitative estimate of drug-likeness (QED) is 0.739. The van der Waals surface area contributed by atoms with Crippen LogP contribution in [-0.4, -0.2) is 20.2 Å². The van der Waals surface area contributed by atoms with Gasteiger partial charge in [-0.25, -0.2) is 4.39 Å². The maximum atomic E-state index is 13.6. The van der Waals surface area contributed by atoms with Crippen LogP contribution in [-0.2, 0) is 0 Å². The summed E-state index contributed by atoms with van der Waals surface area (Å²) in [6.07, 6.45) is 0.